The van der Waals surface area contributed by atoms with Crippen molar-refractivity contribution in [3.05, 3.63) is 36.0 Å². The maximum absolute atomic E-state index is 13.4. The maximum Gasteiger partial charge on any atom is 0.326 e. The summed E-state index contributed by atoms with van der Waals surface area (Å²) in [6.07, 6.45) is 2.04. The Hall–Kier alpha value is -3.93. The van der Waals surface area contributed by atoms with Crippen molar-refractivity contribution in [2.24, 2.45) is 17.6 Å². The molecule has 5 atom stereocenters. The minimum atomic E-state index is -1.43. The number of hydrogen-bond acceptors (Lipinski definition) is 6. The van der Waals surface area contributed by atoms with Crippen molar-refractivity contribution in [1.29, 1.82) is 0 Å². The highest BCUT2D eigenvalue weighted by atomic mass is 16.4. The highest BCUT2D eigenvalue weighted by molar-refractivity contribution is 5.94. The van der Waals surface area contributed by atoms with E-state index in [1.807, 2.05) is 45.0 Å². The van der Waals surface area contributed by atoms with Gasteiger partial charge in [-0.3, -0.25) is 19.2 Å². The number of aliphatic carboxylic acids is 2. The average Bonchev–Trinajstić information content (AvgIpc) is 3.30. The summed E-state index contributed by atoms with van der Waals surface area (Å²) in [6.45, 7) is 7.33. The van der Waals surface area contributed by atoms with Crippen molar-refractivity contribution in [3.8, 4) is 0 Å². The summed E-state index contributed by atoms with van der Waals surface area (Å²) < 4.78 is 0. The van der Waals surface area contributed by atoms with Gasteiger partial charge in [0.15, 0.2) is 0 Å². The number of aromatic amines is 1. The van der Waals surface area contributed by atoms with Crippen LogP contribution in [0.15, 0.2) is 30.5 Å². The average molecular weight is 560 g/mol. The number of aromatic nitrogens is 1. The molecule has 0 saturated carbocycles. The maximum atomic E-state index is 13.4. The van der Waals surface area contributed by atoms with E-state index >= 15 is 0 Å². The van der Waals surface area contributed by atoms with Gasteiger partial charge in [0.25, 0.3) is 0 Å². The molecule has 0 radical (unpaired) electrons. The lowest BCUT2D eigenvalue weighted by molar-refractivity contribution is -0.143. The van der Waals surface area contributed by atoms with Gasteiger partial charge in [-0.05, 0) is 42.7 Å². The number of rotatable bonds is 16. The van der Waals surface area contributed by atoms with E-state index in [1.165, 1.54) is 0 Å². The molecule has 220 valence electrons. The number of nitrogens with one attached hydrogen (secondary N) is 4. The molecule has 40 heavy (non-hydrogen) atoms. The number of carbonyl (C=O) groups is 5. The van der Waals surface area contributed by atoms with E-state index in [4.69, 9.17) is 10.8 Å². The summed E-state index contributed by atoms with van der Waals surface area (Å²) in [5.74, 6) is -4.77. The van der Waals surface area contributed by atoms with Gasteiger partial charge in [0, 0.05) is 23.5 Å². The summed E-state index contributed by atoms with van der Waals surface area (Å²) in [6, 6.07) is 3.19. The second-order valence-corrected chi connectivity index (χ2v) is 10.6. The quantitative estimate of drug-likeness (QED) is 0.160. The predicted octanol–water partition coefficient (Wildman–Crippen LogP) is 1.53. The van der Waals surface area contributed by atoms with Crippen LogP contribution in [-0.2, 0) is 30.4 Å². The van der Waals surface area contributed by atoms with Crippen LogP contribution in [0.5, 0.6) is 0 Å². The molecule has 1 aromatic heterocycles. The first-order chi connectivity index (χ1) is 18.8. The van der Waals surface area contributed by atoms with Crippen LogP contribution in [0.1, 0.15) is 58.9 Å². The third kappa shape index (κ3) is 9.37. The molecule has 12 nitrogen and oxygen atoms in total. The summed E-state index contributed by atoms with van der Waals surface area (Å²) >= 11 is 0. The Balaban J connectivity index is 2.14. The van der Waals surface area contributed by atoms with Crippen molar-refractivity contribution in [3.63, 3.8) is 0 Å². The first-order valence-electron chi connectivity index (χ1n) is 13.5. The van der Waals surface area contributed by atoms with E-state index in [1.54, 1.807) is 13.1 Å². The Kier molecular flexibility index (Phi) is 12.1. The van der Waals surface area contributed by atoms with Crippen molar-refractivity contribution in [2.45, 2.75) is 84.0 Å². The standard InChI is InChI=1S/C28H41N5O7/c1-5-16(4)24(33-25(36)19(29)13-17-14-30-20-9-7-6-8-18(17)20)27(38)32-22(12-15(2)3)26(37)31-21(28(39)40)10-11-23(34)35/h6-9,14-16,19,21-22,24,30H,5,10-13,29H2,1-4H3,(H,31,37)(H,32,38)(H,33,36)(H,34,35)(H,39,40). The molecule has 8 N–H and O–H groups in total. The molecule has 0 bridgehead atoms. The van der Waals surface area contributed by atoms with Gasteiger partial charge in [0.2, 0.25) is 17.7 Å². The highest BCUT2D eigenvalue weighted by Gasteiger charge is 2.33. The lowest BCUT2D eigenvalue weighted by Gasteiger charge is -2.28. The lowest BCUT2D eigenvalue weighted by Crippen LogP contribution is -2.59. The number of fused-ring (bicyclic) bond motifs is 1. The normalized spacial score (nSPS) is 15.1. The second-order valence-electron chi connectivity index (χ2n) is 10.6. The van der Waals surface area contributed by atoms with Crippen molar-refractivity contribution >= 4 is 40.6 Å². The van der Waals surface area contributed by atoms with E-state index in [2.05, 4.69) is 20.9 Å². The second kappa shape index (κ2) is 15.0. The Morgan fingerprint density at radius 1 is 0.925 bits per heavy atom. The van der Waals surface area contributed by atoms with Gasteiger partial charge in [0.05, 0.1) is 6.04 Å². The first kappa shape index (κ1) is 32.3. The van der Waals surface area contributed by atoms with Crippen LogP contribution in [0.25, 0.3) is 10.9 Å². The predicted molar refractivity (Wildman–Crippen MR) is 149 cm³/mol. The largest absolute Gasteiger partial charge is 0.481 e. The molecule has 0 saturated heterocycles. The van der Waals surface area contributed by atoms with Gasteiger partial charge < -0.3 is 36.9 Å². The molecular weight excluding hydrogens is 518 g/mol. The van der Waals surface area contributed by atoms with Crippen LogP contribution < -0.4 is 21.7 Å². The number of amides is 3. The van der Waals surface area contributed by atoms with Crippen LogP contribution in [0.3, 0.4) is 0 Å². The number of nitrogens with two attached hydrogens (primary N) is 1. The molecule has 0 spiro atoms. The summed E-state index contributed by atoms with van der Waals surface area (Å²) in [5, 5.41) is 27.0. The van der Waals surface area contributed by atoms with Crippen molar-refractivity contribution < 1.29 is 34.2 Å². The number of benzene rings is 1. The molecule has 5 unspecified atom stereocenters. The first-order valence-corrected chi connectivity index (χ1v) is 13.5. The summed E-state index contributed by atoms with van der Waals surface area (Å²) in [5.41, 5.74) is 8.01. The highest BCUT2D eigenvalue weighted by Crippen LogP contribution is 2.19. The van der Waals surface area contributed by atoms with Gasteiger partial charge in [-0.1, -0.05) is 52.3 Å². The number of para-hydroxylation sites is 1. The third-order valence-corrected chi connectivity index (χ3v) is 6.85. The molecule has 1 heterocycles. The molecule has 2 rings (SSSR count). The van der Waals surface area contributed by atoms with E-state index in [0.29, 0.717) is 6.42 Å². The fraction of sp³-hybridized carbons (Fsp3) is 0.536. The van der Waals surface area contributed by atoms with Crippen molar-refractivity contribution in [1.82, 2.24) is 20.9 Å². The molecule has 0 aliphatic heterocycles. The van der Waals surface area contributed by atoms with Gasteiger partial charge in [-0.15, -0.1) is 0 Å². The Morgan fingerprint density at radius 2 is 1.57 bits per heavy atom. The smallest absolute Gasteiger partial charge is 0.326 e. The Bertz CT molecular complexity index is 1190. The van der Waals surface area contributed by atoms with Crippen molar-refractivity contribution in [2.75, 3.05) is 0 Å². The fourth-order valence-corrected chi connectivity index (χ4v) is 4.35. The van der Waals surface area contributed by atoms with Crippen LogP contribution in [-0.4, -0.2) is 69.0 Å². The number of carboxylic acids is 2. The van der Waals surface area contributed by atoms with Gasteiger partial charge in [-0.2, -0.15) is 0 Å². The monoisotopic (exact) mass is 559 g/mol. The molecule has 3 amide bonds. The Labute approximate surface area is 233 Å². The molecule has 2 aromatic rings. The molecule has 0 aliphatic carbocycles. The van der Waals surface area contributed by atoms with Gasteiger partial charge >= 0.3 is 11.9 Å². The number of H-pyrrole nitrogens is 1. The molecule has 1 aromatic carbocycles. The topological polar surface area (TPSA) is 204 Å². The van der Waals surface area contributed by atoms with Crippen LogP contribution in [0.2, 0.25) is 0 Å². The van der Waals surface area contributed by atoms with Crippen LogP contribution >= 0.6 is 0 Å². The molecular formula is C28H41N5O7. The van der Waals surface area contributed by atoms with Crippen LogP contribution in [0.4, 0.5) is 0 Å². The zero-order valence-electron chi connectivity index (χ0n) is 23.4. The number of hydrogen-bond donors (Lipinski definition) is 7. The third-order valence-electron chi connectivity index (χ3n) is 6.85. The minimum absolute atomic E-state index is 0.0421. The summed E-state index contributed by atoms with van der Waals surface area (Å²) in [7, 11) is 0. The zero-order chi connectivity index (χ0) is 30.0. The fourth-order valence-electron chi connectivity index (χ4n) is 4.35. The number of carboxylic acid groups (broad SMARTS) is 2. The molecule has 0 fully saturated rings. The Morgan fingerprint density at radius 3 is 2.17 bits per heavy atom. The van der Waals surface area contributed by atoms with E-state index < -0.39 is 60.2 Å². The lowest BCUT2D eigenvalue weighted by atomic mass is 9.96. The number of carbonyl (C=O) groups excluding carboxylic acids is 3. The van der Waals surface area contributed by atoms with Crippen LogP contribution in [0, 0.1) is 11.8 Å². The van der Waals surface area contributed by atoms with E-state index in [0.717, 1.165) is 16.5 Å². The minimum Gasteiger partial charge on any atom is -0.481 e. The summed E-state index contributed by atoms with van der Waals surface area (Å²) in [4.78, 5) is 65.0. The SMILES string of the molecule is CCC(C)C(NC(=O)C(N)Cc1c[nH]c2ccccc12)C(=O)NC(CC(C)C)C(=O)NC(CCC(=O)O)C(=O)O. The van der Waals surface area contributed by atoms with E-state index in [9.17, 15) is 29.1 Å². The molecule has 0 aliphatic rings. The van der Waals surface area contributed by atoms with Gasteiger partial charge in [-0.25, -0.2) is 4.79 Å². The van der Waals surface area contributed by atoms with Gasteiger partial charge in [0.1, 0.15) is 18.1 Å². The zero-order valence-corrected chi connectivity index (χ0v) is 23.4. The van der Waals surface area contributed by atoms with E-state index in [-0.39, 0.29) is 31.1 Å². The molecule has 12 heteroatoms.